The predicted octanol–water partition coefficient (Wildman–Crippen LogP) is 2.61. The lowest BCUT2D eigenvalue weighted by molar-refractivity contribution is 0.0697. The van der Waals surface area contributed by atoms with E-state index in [9.17, 15) is 9.90 Å². The zero-order valence-electron chi connectivity index (χ0n) is 15.5. The number of methoxy groups -OCH3 is 2. The van der Waals surface area contributed by atoms with Gasteiger partial charge in [0, 0.05) is 23.7 Å². The lowest BCUT2D eigenvalue weighted by atomic mass is 9.95. The summed E-state index contributed by atoms with van der Waals surface area (Å²) in [5.74, 6) is 0.342. The minimum atomic E-state index is -1.03. The first-order valence-corrected chi connectivity index (χ1v) is 8.39. The SMILES string of the molecule is COc1cc(Cc2cnc(N)nc2N)cc(OC)c1-c1ccccc1C(=O)O. The second-order valence-electron chi connectivity index (χ2n) is 6.04. The van der Waals surface area contributed by atoms with E-state index in [1.807, 2.05) is 12.1 Å². The normalized spacial score (nSPS) is 10.5. The monoisotopic (exact) mass is 380 g/mol. The van der Waals surface area contributed by atoms with Crippen LogP contribution in [0.1, 0.15) is 21.5 Å². The first kappa shape index (κ1) is 19.0. The Morgan fingerprint density at radius 3 is 2.32 bits per heavy atom. The molecule has 3 aromatic rings. The quantitative estimate of drug-likeness (QED) is 0.594. The molecule has 8 nitrogen and oxygen atoms in total. The zero-order valence-corrected chi connectivity index (χ0v) is 15.5. The number of anilines is 2. The van der Waals surface area contributed by atoms with Crippen LogP contribution in [0.25, 0.3) is 11.1 Å². The molecule has 0 fully saturated rings. The molecular weight excluding hydrogens is 360 g/mol. The van der Waals surface area contributed by atoms with Crippen molar-refractivity contribution in [3.63, 3.8) is 0 Å². The third-order valence-corrected chi connectivity index (χ3v) is 4.30. The first-order chi connectivity index (χ1) is 13.4. The number of hydrogen-bond acceptors (Lipinski definition) is 7. The molecule has 0 aliphatic carbocycles. The Labute approximate surface area is 161 Å². The highest BCUT2D eigenvalue weighted by atomic mass is 16.5. The van der Waals surface area contributed by atoms with Gasteiger partial charge in [-0.15, -0.1) is 0 Å². The summed E-state index contributed by atoms with van der Waals surface area (Å²) in [5.41, 5.74) is 14.2. The number of nitrogens with zero attached hydrogens (tertiary/aromatic N) is 2. The van der Waals surface area contributed by atoms with Crippen LogP contribution in [0.2, 0.25) is 0 Å². The minimum absolute atomic E-state index is 0.108. The molecule has 0 saturated carbocycles. The van der Waals surface area contributed by atoms with Gasteiger partial charge in [-0.25, -0.2) is 9.78 Å². The Morgan fingerprint density at radius 2 is 1.75 bits per heavy atom. The lowest BCUT2D eigenvalue weighted by Gasteiger charge is -2.17. The molecule has 144 valence electrons. The largest absolute Gasteiger partial charge is 0.496 e. The van der Waals surface area contributed by atoms with Crippen molar-refractivity contribution in [2.75, 3.05) is 25.7 Å². The number of carbonyl (C=O) groups is 1. The standard InChI is InChI=1S/C20H20N4O4/c1-27-15-8-11(7-12-10-23-20(22)24-18(12)21)9-16(28-2)17(15)13-5-3-4-6-14(13)19(25)26/h3-6,8-10H,7H2,1-2H3,(H,25,26)(H4,21,22,23,24). The van der Waals surface area contributed by atoms with Crippen molar-refractivity contribution in [1.82, 2.24) is 9.97 Å². The number of benzene rings is 2. The molecule has 8 heteroatoms. The Hall–Kier alpha value is -3.81. The fourth-order valence-corrected chi connectivity index (χ4v) is 3.01. The summed E-state index contributed by atoms with van der Waals surface area (Å²) in [6.45, 7) is 0. The van der Waals surface area contributed by atoms with Crippen molar-refractivity contribution in [3.05, 3.63) is 59.3 Å². The van der Waals surface area contributed by atoms with E-state index in [0.29, 0.717) is 40.4 Å². The van der Waals surface area contributed by atoms with Gasteiger partial charge in [0.1, 0.15) is 17.3 Å². The van der Waals surface area contributed by atoms with E-state index in [1.54, 1.807) is 24.4 Å². The molecule has 28 heavy (non-hydrogen) atoms. The Kier molecular flexibility index (Phi) is 5.30. The zero-order chi connectivity index (χ0) is 20.3. The topological polar surface area (TPSA) is 134 Å². The van der Waals surface area contributed by atoms with Gasteiger partial charge in [-0.2, -0.15) is 4.98 Å². The van der Waals surface area contributed by atoms with Crippen LogP contribution in [0.3, 0.4) is 0 Å². The van der Waals surface area contributed by atoms with Crippen LogP contribution in [-0.4, -0.2) is 35.3 Å². The first-order valence-electron chi connectivity index (χ1n) is 8.39. The van der Waals surface area contributed by atoms with Crippen molar-refractivity contribution < 1.29 is 19.4 Å². The van der Waals surface area contributed by atoms with Crippen molar-refractivity contribution in [3.8, 4) is 22.6 Å². The van der Waals surface area contributed by atoms with E-state index in [1.165, 1.54) is 20.3 Å². The molecule has 0 spiro atoms. The molecule has 0 amide bonds. The molecule has 1 aromatic heterocycles. The molecule has 0 bridgehead atoms. The molecule has 1 heterocycles. The molecule has 0 unspecified atom stereocenters. The average Bonchev–Trinajstić information content (AvgIpc) is 2.69. The third kappa shape index (κ3) is 3.66. The van der Waals surface area contributed by atoms with Crippen molar-refractivity contribution in [2.45, 2.75) is 6.42 Å². The van der Waals surface area contributed by atoms with Gasteiger partial charge in [0.25, 0.3) is 0 Å². The highest BCUT2D eigenvalue weighted by molar-refractivity contribution is 5.98. The van der Waals surface area contributed by atoms with Gasteiger partial charge in [-0.3, -0.25) is 0 Å². The van der Waals surface area contributed by atoms with Crippen LogP contribution in [0.4, 0.5) is 11.8 Å². The molecule has 0 radical (unpaired) electrons. The molecule has 0 saturated heterocycles. The Bertz CT molecular complexity index is 1010. The van der Waals surface area contributed by atoms with Gasteiger partial charge < -0.3 is 26.0 Å². The number of ether oxygens (including phenoxy) is 2. The number of aromatic carboxylic acids is 1. The van der Waals surface area contributed by atoms with Crippen LogP contribution >= 0.6 is 0 Å². The van der Waals surface area contributed by atoms with E-state index in [2.05, 4.69) is 9.97 Å². The van der Waals surface area contributed by atoms with E-state index >= 15 is 0 Å². The number of nitrogen functional groups attached to an aromatic ring is 2. The molecule has 5 N–H and O–H groups in total. The van der Waals surface area contributed by atoms with Crippen LogP contribution in [-0.2, 0) is 6.42 Å². The fraction of sp³-hybridized carbons (Fsp3) is 0.150. The van der Waals surface area contributed by atoms with Gasteiger partial charge >= 0.3 is 5.97 Å². The summed E-state index contributed by atoms with van der Waals surface area (Å²) in [7, 11) is 3.04. The molecule has 0 aliphatic heterocycles. The molecular formula is C20H20N4O4. The summed E-state index contributed by atoms with van der Waals surface area (Å²) in [6, 6.07) is 10.3. The number of carboxylic acids is 1. The third-order valence-electron chi connectivity index (χ3n) is 4.30. The minimum Gasteiger partial charge on any atom is -0.496 e. The second kappa shape index (κ2) is 7.83. The maximum atomic E-state index is 11.6. The van der Waals surface area contributed by atoms with Gasteiger partial charge in [-0.1, -0.05) is 18.2 Å². The van der Waals surface area contributed by atoms with Gasteiger partial charge in [0.2, 0.25) is 5.95 Å². The van der Waals surface area contributed by atoms with Gasteiger partial charge in [0.15, 0.2) is 0 Å². The number of carboxylic acid groups (broad SMARTS) is 1. The fourth-order valence-electron chi connectivity index (χ4n) is 3.01. The average molecular weight is 380 g/mol. The molecule has 0 atom stereocenters. The van der Waals surface area contributed by atoms with Crippen LogP contribution < -0.4 is 20.9 Å². The molecule has 3 rings (SSSR count). The summed E-state index contributed by atoms with van der Waals surface area (Å²) < 4.78 is 11.1. The highest BCUT2D eigenvalue weighted by Gasteiger charge is 2.20. The van der Waals surface area contributed by atoms with Crippen molar-refractivity contribution >= 4 is 17.7 Å². The maximum Gasteiger partial charge on any atom is 0.336 e. The van der Waals surface area contributed by atoms with Crippen LogP contribution in [0, 0.1) is 0 Å². The lowest BCUT2D eigenvalue weighted by Crippen LogP contribution is -2.05. The van der Waals surface area contributed by atoms with Gasteiger partial charge in [-0.05, 0) is 23.8 Å². The summed E-state index contributed by atoms with van der Waals surface area (Å²) in [5, 5.41) is 9.54. The van der Waals surface area contributed by atoms with Crippen molar-refractivity contribution in [1.29, 1.82) is 0 Å². The number of aromatic nitrogens is 2. The smallest absolute Gasteiger partial charge is 0.336 e. The Balaban J connectivity index is 2.13. The molecule has 0 aliphatic rings. The predicted molar refractivity (Wildman–Crippen MR) is 106 cm³/mol. The van der Waals surface area contributed by atoms with E-state index in [0.717, 1.165) is 5.56 Å². The second-order valence-corrected chi connectivity index (χ2v) is 6.04. The number of rotatable bonds is 6. The van der Waals surface area contributed by atoms with Crippen LogP contribution in [0.15, 0.2) is 42.6 Å². The summed E-state index contributed by atoms with van der Waals surface area (Å²) >= 11 is 0. The van der Waals surface area contributed by atoms with Crippen molar-refractivity contribution in [2.24, 2.45) is 0 Å². The van der Waals surface area contributed by atoms with E-state index in [4.69, 9.17) is 20.9 Å². The summed E-state index contributed by atoms with van der Waals surface area (Å²) in [6.07, 6.45) is 2.00. The van der Waals surface area contributed by atoms with E-state index < -0.39 is 5.97 Å². The number of hydrogen-bond donors (Lipinski definition) is 3. The van der Waals surface area contributed by atoms with Gasteiger partial charge in [0.05, 0.1) is 25.3 Å². The van der Waals surface area contributed by atoms with E-state index in [-0.39, 0.29) is 11.5 Å². The number of nitrogens with two attached hydrogens (primary N) is 2. The Morgan fingerprint density at radius 1 is 1.11 bits per heavy atom. The molecule has 2 aromatic carbocycles. The maximum absolute atomic E-state index is 11.6. The summed E-state index contributed by atoms with van der Waals surface area (Å²) in [4.78, 5) is 19.6. The highest BCUT2D eigenvalue weighted by Crippen LogP contribution is 2.41. The van der Waals surface area contributed by atoms with Crippen LogP contribution in [0.5, 0.6) is 11.5 Å².